The monoisotopic (exact) mass is 366 g/mol. The number of halogens is 2. The summed E-state index contributed by atoms with van der Waals surface area (Å²) in [6.45, 7) is 2.82. The van der Waals surface area contributed by atoms with Gasteiger partial charge in [0.15, 0.2) is 0 Å². The van der Waals surface area contributed by atoms with E-state index in [1.807, 2.05) is 43.3 Å². The molecule has 2 aromatic rings. The molecule has 2 N–H and O–H groups in total. The highest BCUT2D eigenvalue weighted by atomic mass is 79.9. The highest BCUT2D eigenvalue weighted by Gasteiger charge is 2.23. The predicted molar refractivity (Wildman–Crippen MR) is 93.5 cm³/mol. The molecule has 0 amide bonds. The number of rotatable bonds is 5. The van der Waals surface area contributed by atoms with Crippen LogP contribution in [0.2, 0.25) is 5.02 Å². The van der Waals surface area contributed by atoms with Crippen LogP contribution in [0, 0.1) is 0 Å². The molecule has 0 aliphatic rings. The van der Waals surface area contributed by atoms with Gasteiger partial charge in [-0.05, 0) is 37.2 Å². The summed E-state index contributed by atoms with van der Waals surface area (Å²) in [6, 6.07) is 16.2. The lowest BCUT2D eigenvalue weighted by molar-refractivity contribution is 0.210. The third kappa shape index (κ3) is 4.07. The van der Waals surface area contributed by atoms with E-state index in [0.717, 1.165) is 21.6 Å². The molecule has 112 valence electrons. The van der Waals surface area contributed by atoms with E-state index in [2.05, 4.69) is 40.0 Å². The lowest BCUT2D eigenvalue weighted by Crippen LogP contribution is -2.37. The maximum Gasteiger partial charge on any atom is 0.0511 e. The molecule has 0 heterocycles. The van der Waals surface area contributed by atoms with E-state index in [1.165, 1.54) is 5.56 Å². The van der Waals surface area contributed by atoms with Gasteiger partial charge in [0.1, 0.15) is 0 Å². The van der Waals surface area contributed by atoms with Crippen LogP contribution in [0.5, 0.6) is 0 Å². The molecule has 2 aromatic carbocycles. The van der Waals surface area contributed by atoms with Gasteiger partial charge in [0, 0.05) is 22.1 Å². The Balaban J connectivity index is 2.27. The molecule has 21 heavy (non-hydrogen) atoms. The number of benzene rings is 2. The fourth-order valence-corrected chi connectivity index (χ4v) is 3.29. The molecule has 2 rings (SSSR count). The molecule has 0 aliphatic heterocycles. The lowest BCUT2D eigenvalue weighted by Gasteiger charge is -2.32. The van der Waals surface area contributed by atoms with Crippen LogP contribution in [0.15, 0.2) is 53.0 Å². The summed E-state index contributed by atoms with van der Waals surface area (Å²) in [4.78, 5) is 2.24. The Bertz CT molecular complexity index is 601. The fraction of sp³-hybridized carbons (Fsp3) is 0.294. The van der Waals surface area contributed by atoms with Crippen LogP contribution in [-0.4, -0.2) is 18.0 Å². The Hall–Kier alpha value is -0.870. The van der Waals surface area contributed by atoms with Gasteiger partial charge in [-0.1, -0.05) is 63.9 Å². The summed E-state index contributed by atoms with van der Waals surface area (Å²) in [7, 11) is 2.08. The molecule has 0 bridgehead atoms. The standard InChI is InChI=1S/C17H20BrClN2/c1-12(20)17(14-8-4-6-10-16(14)19)21(2)11-13-7-3-5-9-15(13)18/h3-10,12,17H,11,20H2,1-2H3. The SMILES string of the molecule is CC(N)C(c1ccccc1Cl)N(C)Cc1ccccc1Br. The van der Waals surface area contributed by atoms with Crippen molar-refractivity contribution >= 4 is 27.5 Å². The van der Waals surface area contributed by atoms with E-state index in [-0.39, 0.29) is 12.1 Å². The van der Waals surface area contributed by atoms with Crippen molar-refractivity contribution in [2.75, 3.05) is 7.05 Å². The summed E-state index contributed by atoms with van der Waals surface area (Å²) in [5, 5.41) is 0.763. The first-order valence-corrected chi connectivity index (χ1v) is 8.11. The maximum absolute atomic E-state index is 6.35. The lowest BCUT2D eigenvalue weighted by atomic mass is 9.99. The third-order valence-electron chi connectivity index (χ3n) is 3.57. The van der Waals surface area contributed by atoms with Crippen LogP contribution in [0.3, 0.4) is 0 Å². The minimum Gasteiger partial charge on any atom is -0.326 e. The normalized spacial score (nSPS) is 14.2. The summed E-state index contributed by atoms with van der Waals surface area (Å²) in [5.41, 5.74) is 8.53. The van der Waals surface area contributed by atoms with Gasteiger partial charge in [-0.25, -0.2) is 0 Å². The van der Waals surface area contributed by atoms with Gasteiger partial charge in [0.2, 0.25) is 0 Å². The highest BCUT2D eigenvalue weighted by molar-refractivity contribution is 9.10. The second-order valence-electron chi connectivity index (χ2n) is 5.33. The van der Waals surface area contributed by atoms with Gasteiger partial charge in [0.25, 0.3) is 0 Å². The summed E-state index contributed by atoms with van der Waals surface area (Å²) in [6.07, 6.45) is 0. The first kappa shape index (κ1) is 16.5. The van der Waals surface area contributed by atoms with E-state index in [0.29, 0.717) is 0 Å². The number of nitrogens with two attached hydrogens (primary N) is 1. The molecule has 4 heteroatoms. The molecule has 2 nitrogen and oxygen atoms in total. The Morgan fingerprint density at radius 3 is 2.38 bits per heavy atom. The topological polar surface area (TPSA) is 29.3 Å². The van der Waals surface area contributed by atoms with Crippen molar-refractivity contribution < 1.29 is 0 Å². The van der Waals surface area contributed by atoms with E-state index in [1.54, 1.807) is 0 Å². The first-order chi connectivity index (χ1) is 10.0. The number of hydrogen-bond donors (Lipinski definition) is 1. The van der Waals surface area contributed by atoms with E-state index >= 15 is 0 Å². The minimum atomic E-state index is -0.0163. The quantitative estimate of drug-likeness (QED) is 0.835. The second kappa shape index (κ2) is 7.41. The van der Waals surface area contributed by atoms with Gasteiger partial charge in [-0.3, -0.25) is 4.90 Å². The van der Waals surface area contributed by atoms with Gasteiger partial charge < -0.3 is 5.73 Å². The van der Waals surface area contributed by atoms with Gasteiger partial charge in [0.05, 0.1) is 6.04 Å². The predicted octanol–water partition coefficient (Wildman–Crippen LogP) is 4.62. The van der Waals surface area contributed by atoms with Crippen molar-refractivity contribution in [1.29, 1.82) is 0 Å². The molecular formula is C17H20BrClN2. The van der Waals surface area contributed by atoms with Crippen LogP contribution in [0.4, 0.5) is 0 Å². The molecule has 2 atom stereocenters. The van der Waals surface area contributed by atoms with Crippen molar-refractivity contribution in [3.8, 4) is 0 Å². The molecule has 0 saturated heterocycles. The summed E-state index contributed by atoms with van der Waals surface area (Å²) in [5.74, 6) is 0. The van der Waals surface area contributed by atoms with Crippen molar-refractivity contribution in [2.45, 2.75) is 25.6 Å². The molecule has 0 aliphatic carbocycles. The first-order valence-electron chi connectivity index (χ1n) is 6.94. The van der Waals surface area contributed by atoms with Crippen LogP contribution in [-0.2, 0) is 6.54 Å². The molecule has 2 unspecified atom stereocenters. The van der Waals surface area contributed by atoms with Crippen molar-refractivity contribution in [3.63, 3.8) is 0 Å². The van der Waals surface area contributed by atoms with Crippen LogP contribution in [0.1, 0.15) is 24.1 Å². The smallest absolute Gasteiger partial charge is 0.0511 e. The minimum absolute atomic E-state index is 0.0163. The zero-order valence-electron chi connectivity index (χ0n) is 12.3. The molecule has 0 fully saturated rings. The fourth-order valence-electron chi connectivity index (χ4n) is 2.63. The zero-order valence-corrected chi connectivity index (χ0v) is 14.6. The number of likely N-dealkylation sites (N-methyl/N-ethyl adjacent to an activating group) is 1. The third-order valence-corrected chi connectivity index (χ3v) is 4.69. The zero-order chi connectivity index (χ0) is 15.4. The van der Waals surface area contributed by atoms with Gasteiger partial charge >= 0.3 is 0 Å². The Labute approximate surface area is 140 Å². The average Bonchev–Trinajstić information content (AvgIpc) is 2.43. The Morgan fingerprint density at radius 2 is 1.76 bits per heavy atom. The highest BCUT2D eigenvalue weighted by Crippen LogP contribution is 2.30. The molecular weight excluding hydrogens is 348 g/mol. The summed E-state index contributed by atoms with van der Waals surface area (Å²) < 4.78 is 1.11. The number of hydrogen-bond acceptors (Lipinski definition) is 2. The molecule has 0 radical (unpaired) electrons. The van der Waals surface area contributed by atoms with Crippen LogP contribution >= 0.6 is 27.5 Å². The van der Waals surface area contributed by atoms with Gasteiger partial charge in [-0.2, -0.15) is 0 Å². The molecule has 0 saturated carbocycles. The molecule has 0 aromatic heterocycles. The second-order valence-corrected chi connectivity index (χ2v) is 6.59. The molecule has 0 spiro atoms. The van der Waals surface area contributed by atoms with Crippen LogP contribution < -0.4 is 5.73 Å². The number of nitrogens with zero attached hydrogens (tertiary/aromatic N) is 1. The van der Waals surface area contributed by atoms with Crippen molar-refractivity contribution in [3.05, 3.63) is 69.2 Å². The largest absolute Gasteiger partial charge is 0.326 e. The maximum atomic E-state index is 6.35. The summed E-state index contributed by atoms with van der Waals surface area (Å²) >= 11 is 9.95. The average molecular weight is 368 g/mol. The van der Waals surface area contributed by atoms with E-state index in [9.17, 15) is 0 Å². The van der Waals surface area contributed by atoms with E-state index < -0.39 is 0 Å². The van der Waals surface area contributed by atoms with Crippen molar-refractivity contribution in [2.24, 2.45) is 5.73 Å². The van der Waals surface area contributed by atoms with Gasteiger partial charge in [-0.15, -0.1) is 0 Å². The van der Waals surface area contributed by atoms with Crippen molar-refractivity contribution in [1.82, 2.24) is 4.90 Å². The Morgan fingerprint density at radius 1 is 1.14 bits per heavy atom. The van der Waals surface area contributed by atoms with E-state index in [4.69, 9.17) is 17.3 Å². The van der Waals surface area contributed by atoms with Crippen LogP contribution in [0.25, 0.3) is 0 Å². The Kier molecular flexibility index (Phi) is 5.82.